The molecule has 2 saturated heterocycles. The second kappa shape index (κ2) is 5.76. The molecule has 2 fully saturated rings. The van der Waals surface area contributed by atoms with E-state index >= 15 is 0 Å². The Morgan fingerprint density at radius 3 is 2.24 bits per heavy atom. The van der Waals surface area contributed by atoms with E-state index in [2.05, 4.69) is 5.32 Å². The van der Waals surface area contributed by atoms with Crippen LogP contribution in [0.4, 0.5) is 8.78 Å². The van der Waals surface area contributed by atoms with E-state index in [0.717, 1.165) is 25.9 Å². The maximum absolute atomic E-state index is 12.5. The molecule has 0 radical (unpaired) electrons. The third kappa shape index (κ3) is 3.15. The number of nitrogens with zero attached hydrogens (tertiary/aromatic N) is 1. The van der Waals surface area contributed by atoms with Crippen molar-refractivity contribution in [2.45, 2.75) is 32.1 Å². The predicted octanol–water partition coefficient (Wildman–Crippen LogP) is 1.49. The molecule has 3 nitrogen and oxygen atoms in total. The highest BCUT2D eigenvalue weighted by atomic mass is 19.3. The number of halogens is 2. The van der Waals surface area contributed by atoms with Crippen LogP contribution in [0.3, 0.4) is 0 Å². The molecule has 98 valence electrons. The fourth-order valence-corrected chi connectivity index (χ4v) is 2.70. The Balaban J connectivity index is 1.81. The van der Waals surface area contributed by atoms with Crippen LogP contribution in [0.25, 0.3) is 0 Å². The second-order valence-corrected chi connectivity index (χ2v) is 5.02. The van der Waals surface area contributed by atoms with E-state index in [1.54, 1.807) is 4.90 Å². The van der Waals surface area contributed by atoms with Crippen LogP contribution in [-0.4, -0.2) is 43.4 Å². The lowest BCUT2D eigenvalue weighted by Crippen LogP contribution is -2.45. The molecule has 0 bridgehead atoms. The number of nitrogens with one attached hydrogen (secondary N) is 1. The van der Waals surface area contributed by atoms with E-state index in [-0.39, 0.29) is 11.8 Å². The molecule has 0 aliphatic carbocycles. The summed E-state index contributed by atoms with van der Waals surface area (Å²) in [5.41, 5.74) is 0. The summed E-state index contributed by atoms with van der Waals surface area (Å²) in [5.74, 6) is -0.217. The highest BCUT2D eigenvalue weighted by molar-refractivity contribution is 5.79. The Hall–Kier alpha value is -0.710. The van der Waals surface area contributed by atoms with Gasteiger partial charge in [-0.15, -0.1) is 0 Å². The lowest BCUT2D eigenvalue weighted by molar-refractivity contribution is -0.138. The average molecular weight is 246 g/mol. The van der Waals surface area contributed by atoms with Crippen LogP contribution >= 0.6 is 0 Å². The number of piperidine rings is 2. The minimum Gasteiger partial charge on any atom is -0.342 e. The Morgan fingerprint density at radius 2 is 1.71 bits per heavy atom. The molecular weight excluding hydrogens is 226 g/mol. The highest BCUT2D eigenvalue weighted by Gasteiger charge is 2.31. The van der Waals surface area contributed by atoms with E-state index in [0.29, 0.717) is 25.9 Å². The van der Waals surface area contributed by atoms with Crippen molar-refractivity contribution in [1.29, 1.82) is 0 Å². The first kappa shape index (κ1) is 12.7. The van der Waals surface area contributed by atoms with E-state index in [1.165, 1.54) is 0 Å². The van der Waals surface area contributed by atoms with Gasteiger partial charge in [-0.3, -0.25) is 4.79 Å². The molecule has 0 aromatic rings. The zero-order valence-electron chi connectivity index (χ0n) is 10.0. The molecule has 1 N–H and O–H groups in total. The van der Waals surface area contributed by atoms with Crippen molar-refractivity contribution in [3.05, 3.63) is 0 Å². The zero-order valence-corrected chi connectivity index (χ0v) is 10.0. The Morgan fingerprint density at radius 1 is 1.12 bits per heavy atom. The van der Waals surface area contributed by atoms with Crippen LogP contribution in [0.15, 0.2) is 0 Å². The van der Waals surface area contributed by atoms with Crippen molar-refractivity contribution in [2.24, 2.45) is 11.8 Å². The van der Waals surface area contributed by atoms with Gasteiger partial charge in [0.25, 0.3) is 0 Å². The Labute approximate surface area is 101 Å². The molecule has 0 saturated carbocycles. The van der Waals surface area contributed by atoms with E-state index in [1.807, 2.05) is 0 Å². The van der Waals surface area contributed by atoms with Gasteiger partial charge in [0, 0.05) is 24.9 Å². The molecule has 0 aromatic carbocycles. The Kier molecular flexibility index (Phi) is 4.31. The molecule has 0 atom stereocenters. The number of carbonyl (C=O) groups is 1. The van der Waals surface area contributed by atoms with Gasteiger partial charge in [0.15, 0.2) is 0 Å². The van der Waals surface area contributed by atoms with E-state index in [4.69, 9.17) is 0 Å². The molecule has 5 heteroatoms. The van der Waals surface area contributed by atoms with E-state index < -0.39 is 12.3 Å². The summed E-state index contributed by atoms with van der Waals surface area (Å²) in [5, 5.41) is 3.22. The molecule has 17 heavy (non-hydrogen) atoms. The maximum atomic E-state index is 12.5. The van der Waals surface area contributed by atoms with Gasteiger partial charge < -0.3 is 10.2 Å². The minimum atomic E-state index is -2.23. The number of hydrogen-bond donors (Lipinski definition) is 1. The molecule has 0 aromatic heterocycles. The van der Waals surface area contributed by atoms with Crippen molar-refractivity contribution in [2.75, 3.05) is 26.2 Å². The van der Waals surface area contributed by atoms with Crippen LogP contribution in [0.5, 0.6) is 0 Å². The van der Waals surface area contributed by atoms with E-state index in [9.17, 15) is 13.6 Å². The summed E-state index contributed by atoms with van der Waals surface area (Å²) in [6, 6.07) is 0. The number of alkyl halides is 2. The summed E-state index contributed by atoms with van der Waals surface area (Å²) in [6.45, 7) is 2.81. The van der Waals surface area contributed by atoms with Crippen LogP contribution in [-0.2, 0) is 4.79 Å². The van der Waals surface area contributed by atoms with Crippen LogP contribution in [0.1, 0.15) is 25.7 Å². The molecule has 0 unspecified atom stereocenters. The number of carbonyl (C=O) groups excluding carboxylic acids is 1. The largest absolute Gasteiger partial charge is 0.342 e. The number of rotatable bonds is 2. The lowest BCUT2D eigenvalue weighted by atomic mass is 9.93. The second-order valence-electron chi connectivity index (χ2n) is 5.02. The van der Waals surface area contributed by atoms with Gasteiger partial charge in [-0.05, 0) is 38.8 Å². The number of likely N-dealkylation sites (tertiary alicyclic amines) is 1. The predicted molar refractivity (Wildman–Crippen MR) is 60.9 cm³/mol. The lowest BCUT2D eigenvalue weighted by Gasteiger charge is -2.35. The van der Waals surface area contributed by atoms with Crippen molar-refractivity contribution in [1.82, 2.24) is 10.2 Å². The van der Waals surface area contributed by atoms with Gasteiger partial charge in [0.1, 0.15) is 0 Å². The first-order valence-electron chi connectivity index (χ1n) is 6.46. The highest BCUT2D eigenvalue weighted by Crippen LogP contribution is 2.25. The number of hydrogen-bond acceptors (Lipinski definition) is 2. The molecule has 1 amide bonds. The molecule has 2 heterocycles. The smallest absolute Gasteiger partial charge is 0.241 e. The molecule has 2 aliphatic heterocycles. The topological polar surface area (TPSA) is 32.3 Å². The first-order chi connectivity index (χ1) is 8.18. The first-order valence-corrected chi connectivity index (χ1v) is 6.46. The van der Waals surface area contributed by atoms with Crippen LogP contribution in [0.2, 0.25) is 0 Å². The monoisotopic (exact) mass is 246 g/mol. The van der Waals surface area contributed by atoms with Gasteiger partial charge in [-0.25, -0.2) is 8.78 Å². The minimum absolute atomic E-state index is 0.111. The third-order valence-corrected chi connectivity index (χ3v) is 3.90. The van der Waals surface area contributed by atoms with Gasteiger partial charge in [0.2, 0.25) is 12.3 Å². The quantitative estimate of drug-likeness (QED) is 0.800. The van der Waals surface area contributed by atoms with Crippen molar-refractivity contribution in [3.63, 3.8) is 0 Å². The van der Waals surface area contributed by atoms with Crippen LogP contribution in [0, 0.1) is 11.8 Å². The Bertz CT molecular complexity index is 259. The summed E-state index contributed by atoms with van der Waals surface area (Å²) < 4.78 is 25.0. The zero-order chi connectivity index (χ0) is 12.3. The van der Waals surface area contributed by atoms with Gasteiger partial charge in [0.05, 0.1) is 0 Å². The van der Waals surface area contributed by atoms with Crippen molar-refractivity contribution >= 4 is 5.91 Å². The van der Waals surface area contributed by atoms with Gasteiger partial charge >= 0.3 is 0 Å². The molecule has 2 aliphatic rings. The summed E-state index contributed by atoms with van der Waals surface area (Å²) in [6.07, 6.45) is 0.440. The summed E-state index contributed by atoms with van der Waals surface area (Å²) in [4.78, 5) is 13.9. The molecule has 0 spiro atoms. The van der Waals surface area contributed by atoms with Crippen LogP contribution < -0.4 is 5.32 Å². The fraction of sp³-hybridized carbons (Fsp3) is 0.917. The van der Waals surface area contributed by atoms with Gasteiger partial charge in [-0.2, -0.15) is 0 Å². The summed E-state index contributed by atoms with van der Waals surface area (Å²) >= 11 is 0. The van der Waals surface area contributed by atoms with Crippen molar-refractivity contribution < 1.29 is 13.6 Å². The standard InChI is InChI=1S/C12H20F2N2O/c13-11(14)9-3-7-16(8-4-9)12(17)10-1-5-15-6-2-10/h9-11,15H,1-8H2. The van der Waals surface area contributed by atoms with Gasteiger partial charge in [-0.1, -0.05) is 0 Å². The summed E-state index contributed by atoms with van der Waals surface area (Å²) in [7, 11) is 0. The van der Waals surface area contributed by atoms with Crippen molar-refractivity contribution in [3.8, 4) is 0 Å². The SMILES string of the molecule is O=C(C1CCNCC1)N1CCC(C(F)F)CC1. The number of amides is 1. The maximum Gasteiger partial charge on any atom is 0.241 e. The normalized spacial score (nSPS) is 24.3. The molecule has 2 rings (SSSR count). The third-order valence-electron chi connectivity index (χ3n) is 3.90. The molecular formula is C12H20F2N2O. The fourth-order valence-electron chi connectivity index (χ4n) is 2.70. The average Bonchev–Trinajstić information content (AvgIpc) is 2.39.